The Morgan fingerprint density at radius 1 is 1.23 bits per heavy atom. The average Bonchev–Trinajstić information content (AvgIpc) is 2.48. The van der Waals surface area contributed by atoms with E-state index in [1.807, 2.05) is 32.0 Å². The van der Waals surface area contributed by atoms with Gasteiger partial charge in [-0.1, -0.05) is 6.07 Å². The molecule has 0 saturated carbocycles. The summed E-state index contributed by atoms with van der Waals surface area (Å²) >= 11 is 0. The molecule has 0 amide bonds. The van der Waals surface area contributed by atoms with Crippen LogP contribution in [0.4, 0.5) is 0 Å². The number of ether oxygens (including phenoxy) is 3. The molecule has 0 aliphatic carbocycles. The SMILES string of the molecule is COc1ccc(CN=C(N)NCCOC(C)C)cc1OC.I. The highest BCUT2D eigenvalue weighted by Crippen LogP contribution is 2.27. The first kappa shape index (κ1) is 20.8. The first-order chi connectivity index (χ1) is 10.1. The topological polar surface area (TPSA) is 78.1 Å². The zero-order valence-electron chi connectivity index (χ0n) is 13.6. The van der Waals surface area contributed by atoms with E-state index in [4.69, 9.17) is 19.9 Å². The Balaban J connectivity index is 0.00000441. The monoisotopic (exact) mass is 423 g/mol. The average molecular weight is 423 g/mol. The van der Waals surface area contributed by atoms with Crippen molar-refractivity contribution < 1.29 is 14.2 Å². The van der Waals surface area contributed by atoms with Crippen LogP contribution in [0.25, 0.3) is 0 Å². The van der Waals surface area contributed by atoms with Crippen LogP contribution in [0.2, 0.25) is 0 Å². The minimum Gasteiger partial charge on any atom is -0.493 e. The van der Waals surface area contributed by atoms with E-state index in [9.17, 15) is 0 Å². The smallest absolute Gasteiger partial charge is 0.188 e. The summed E-state index contributed by atoms with van der Waals surface area (Å²) in [4.78, 5) is 4.27. The second-order valence-electron chi connectivity index (χ2n) is 4.74. The zero-order valence-corrected chi connectivity index (χ0v) is 15.9. The summed E-state index contributed by atoms with van der Waals surface area (Å²) in [7, 11) is 3.21. The van der Waals surface area contributed by atoms with Crippen LogP contribution in [-0.2, 0) is 11.3 Å². The van der Waals surface area contributed by atoms with Crippen molar-refractivity contribution in [3.05, 3.63) is 23.8 Å². The lowest BCUT2D eigenvalue weighted by Crippen LogP contribution is -2.34. The fraction of sp³-hybridized carbons (Fsp3) is 0.533. The third-order valence-electron chi connectivity index (χ3n) is 2.74. The van der Waals surface area contributed by atoms with Gasteiger partial charge >= 0.3 is 0 Å². The molecule has 0 bridgehead atoms. The van der Waals surface area contributed by atoms with Crippen LogP contribution in [0, 0.1) is 0 Å². The Morgan fingerprint density at radius 3 is 2.50 bits per heavy atom. The van der Waals surface area contributed by atoms with Crippen molar-refractivity contribution in [1.29, 1.82) is 0 Å². The predicted molar refractivity (Wildman–Crippen MR) is 99.4 cm³/mol. The van der Waals surface area contributed by atoms with Crippen molar-refractivity contribution in [2.75, 3.05) is 27.4 Å². The Bertz CT molecular complexity index is 467. The molecule has 0 aromatic heterocycles. The largest absolute Gasteiger partial charge is 0.493 e. The first-order valence-corrected chi connectivity index (χ1v) is 6.93. The molecule has 0 saturated heterocycles. The van der Waals surface area contributed by atoms with Gasteiger partial charge in [-0.25, -0.2) is 4.99 Å². The molecule has 0 unspecified atom stereocenters. The summed E-state index contributed by atoms with van der Waals surface area (Å²) in [6, 6.07) is 5.67. The molecule has 0 aliphatic heterocycles. The minimum absolute atomic E-state index is 0. The number of rotatable bonds is 8. The van der Waals surface area contributed by atoms with Crippen LogP contribution in [0.1, 0.15) is 19.4 Å². The summed E-state index contributed by atoms with van der Waals surface area (Å²) in [6.07, 6.45) is 0.219. The van der Waals surface area contributed by atoms with E-state index in [2.05, 4.69) is 10.3 Å². The van der Waals surface area contributed by atoms with E-state index < -0.39 is 0 Å². The normalized spacial score (nSPS) is 11.0. The quantitative estimate of drug-likeness (QED) is 0.290. The number of aliphatic imine (C=N–C) groups is 1. The molecule has 1 aromatic rings. The first-order valence-electron chi connectivity index (χ1n) is 6.93. The number of hydrogen-bond donors (Lipinski definition) is 2. The number of nitrogens with two attached hydrogens (primary N) is 1. The number of methoxy groups -OCH3 is 2. The summed E-state index contributed by atoms with van der Waals surface area (Å²) in [5.74, 6) is 1.78. The highest BCUT2D eigenvalue weighted by molar-refractivity contribution is 14.0. The highest BCUT2D eigenvalue weighted by atomic mass is 127. The number of benzene rings is 1. The van der Waals surface area contributed by atoms with Gasteiger partial charge in [-0.05, 0) is 31.5 Å². The molecule has 0 fully saturated rings. The fourth-order valence-electron chi connectivity index (χ4n) is 1.69. The van der Waals surface area contributed by atoms with Crippen LogP contribution in [-0.4, -0.2) is 39.4 Å². The highest BCUT2D eigenvalue weighted by Gasteiger charge is 2.04. The molecule has 7 heteroatoms. The van der Waals surface area contributed by atoms with Gasteiger partial charge in [0.25, 0.3) is 0 Å². The van der Waals surface area contributed by atoms with Gasteiger partial charge < -0.3 is 25.3 Å². The Labute approximate surface area is 149 Å². The molecule has 1 aromatic carbocycles. The van der Waals surface area contributed by atoms with Crippen LogP contribution in [0.5, 0.6) is 11.5 Å². The van der Waals surface area contributed by atoms with Crippen LogP contribution in [0.3, 0.4) is 0 Å². The lowest BCUT2D eigenvalue weighted by molar-refractivity contribution is 0.0830. The van der Waals surface area contributed by atoms with Gasteiger partial charge in [0.1, 0.15) is 0 Å². The van der Waals surface area contributed by atoms with Crippen molar-refractivity contribution in [1.82, 2.24) is 5.32 Å². The molecule has 6 nitrogen and oxygen atoms in total. The summed E-state index contributed by atoms with van der Waals surface area (Å²) in [5, 5.41) is 3.01. The maximum Gasteiger partial charge on any atom is 0.188 e. The van der Waals surface area contributed by atoms with E-state index in [1.165, 1.54) is 0 Å². The van der Waals surface area contributed by atoms with Crippen LogP contribution in [0.15, 0.2) is 23.2 Å². The molecule has 0 heterocycles. The molecule has 0 spiro atoms. The van der Waals surface area contributed by atoms with E-state index >= 15 is 0 Å². The summed E-state index contributed by atoms with van der Waals surface area (Å²) in [6.45, 7) is 5.71. The van der Waals surface area contributed by atoms with Crippen molar-refractivity contribution in [2.45, 2.75) is 26.5 Å². The molecule has 22 heavy (non-hydrogen) atoms. The number of nitrogens with zero attached hydrogens (tertiary/aromatic N) is 1. The second-order valence-corrected chi connectivity index (χ2v) is 4.74. The summed E-state index contributed by atoms with van der Waals surface area (Å²) < 4.78 is 15.8. The van der Waals surface area contributed by atoms with E-state index in [1.54, 1.807) is 14.2 Å². The van der Waals surface area contributed by atoms with Gasteiger partial charge in [-0.2, -0.15) is 0 Å². The number of guanidine groups is 1. The minimum atomic E-state index is 0. The van der Waals surface area contributed by atoms with Crippen molar-refractivity contribution in [3.63, 3.8) is 0 Å². The molecular formula is C15H26IN3O3. The number of halogens is 1. The van der Waals surface area contributed by atoms with Crippen molar-refractivity contribution >= 4 is 29.9 Å². The fourth-order valence-corrected chi connectivity index (χ4v) is 1.69. The molecule has 3 N–H and O–H groups in total. The second kappa shape index (κ2) is 11.4. The van der Waals surface area contributed by atoms with Gasteiger partial charge in [-0.15, -0.1) is 24.0 Å². The molecule has 1 rings (SSSR count). The number of nitrogens with one attached hydrogen (secondary N) is 1. The summed E-state index contributed by atoms with van der Waals surface area (Å²) in [5.41, 5.74) is 6.79. The maximum atomic E-state index is 5.79. The van der Waals surface area contributed by atoms with E-state index in [0.717, 1.165) is 5.56 Å². The molecule has 0 atom stereocenters. The third-order valence-corrected chi connectivity index (χ3v) is 2.74. The van der Waals surface area contributed by atoms with Gasteiger partial charge in [0, 0.05) is 6.54 Å². The molecular weight excluding hydrogens is 397 g/mol. The van der Waals surface area contributed by atoms with Crippen molar-refractivity contribution in [3.8, 4) is 11.5 Å². The maximum absolute atomic E-state index is 5.79. The molecule has 0 aliphatic rings. The van der Waals surface area contributed by atoms with Gasteiger partial charge in [0.15, 0.2) is 17.5 Å². The van der Waals surface area contributed by atoms with E-state index in [0.29, 0.717) is 37.2 Å². The van der Waals surface area contributed by atoms with Crippen LogP contribution >= 0.6 is 24.0 Å². The Hall–Kier alpha value is -1.22. The zero-order chi connectivity index (χ0) is 15.7. The van der Waals surface area contributed by atoms with Crippen molar-refractivity contribution in [2.24, 2.45) is 10.7 Å². The predicted octanol–water partition coefficient (Wildman–Crippen LogP) is 2.15. The van der Waals surface area contributed by atoms with Gasteiger partial charge in [0.2, 0.25) is 0 Å². The van der Waals surface area contributed by atoms with E-state index in [-0.39, 0.29) is 30.1 Å². The van der Waals surface area contributed by atoms with Gasteiger partial charge in [-0.3, -0.25) is 0 Å². The number of hydrogen-bond acceptors (Lipinski definition) is 4. The lowest BCUT2D eigenvalue weighted by atomic mass is 10.2. The molecule has 0 radical (unpaired) electrons. The lowest BCUT2D eigenvalue weighted by Gasteiger charge is -2.10. The Morgan fingerprint density at radius 2 is 1.91 bits per heavy atom. The Kier molecular flexibility index (Phi) is 10.7. The van der Waals surface area contributed by atoms with Crippen LogP contribution < -0.4 is 20.5 Å². The third kappa shape index (κ3) is 7.69. The van der Waals surface area contributed by atoms with Gasteiger partial charge in [0.05, 0.1) is 33.5 Å². The standard InChI is InChI=1S/C15H25N3O3.HI/c1-11(2)21-8-7-17-15(16)18-10-12-5-6-13(19-3)14(9-12)20-4;/h5-6,9,11H,7-8,10H2,1-4H3,(H3,16,17,18);1H. The molecule has 126 valence electrons.